The summed E-state index contributed by atoms with van der Waals surface area (Å²) in [7, 11) is 0. The zero-order chi connectivity index (χ0) is 33.1. The first-order valence-corrected chi connectivity index (χ1v) is 16.8. The molecule has 0 saturated carbocycles. The predicted octanol–water partition coefficient (Wildman–Crippen LogP) is 9.37. The average molecular weight is 625 g/mol. The minimum absolute atomic E-state index is 0.0645. The highest BCUT2D eigenvalue weighted by atomic mass is 32.2. The molecule has 1 saturated heterocycles. The zero-order valence-corrected chi connectivity index (χ0v) is 29.0. The number of Topliss-reactive ketones (excluding diaryl/α,β-unsaturated/α-hetero) is 1. The van der Waals surface area contributed by atoms with E-state index in [-0.39, 0.29) is 41.0 Å². The number of ketones is 1. The van der Waals surface area contributed by atoms with Gasteiger partial charge in [-0.2, -0.15) is 0 Å². The van der Waals surface area contributed by atoms with Crippen molar-refractivity contribution in [3.8, 4) is 5.75 Å². The second-order valence-electron chi connectivity index (χ2n) is 13.4. The standard InChI is InChI=1S/C39H48N2O3S/c1-11-29-22-41(28(7)42)23-30(12-2)37(29)44-34-19-32(35-15-13-14-25(4)45-35)18-33(20-34)36(43)27(6)26(5)31-17-16-24(3)38(40-21-31)39(8,9)10/h13-14,16-21,26,29-30,37H,3,6,11-12,22-23H2,1-2,4-5,7-10H3/t26-,29?,30?,37?/m0/s1. The van der Waals surface area contributed by atoms with Gasteiger partial charge in [0.2, 0.25) is 5.91 Å². The number of rotatable bonds is 9. The molecule has 0 aromatic heterocycles. The molecular formula is C39H48N2O3S. The molecule has 3 aliphatic rings. The molecule has 1 fully saturated rings. The number of ether oxygens (including phenoxy) is 1. The van der Waals surface area contributed by atoms with Gasteiger partial charge in [0.05, 0.1) is 10.6 Å². The van der Waals surface area contributed by atoms with Gasteiger partial charge in [-0.3, -0.25) is 14.6 Å². The molecule has 1 aromatic rings. The summed E-state index contributed by atoms with van der Waals surface area (Å²) in [5.74, 6) is 0.765. The second kappa shape index (κ2) is 14.2. The highest BCUT2D eigenvalue weighted by Crippen LogP contribution is 2.39. The number of hydrogen-bond acceptors (Lipinski definition) is 5. The number of aliphatic imine (C=N–C) groups is 1. The van der Waals surface area contributed by atoms with Crippen molar-refractivity contribution in [3.63, 3.8) is 0 Å². The first-order valence-electron chi connectivity index (χ1n) is 16.0. The van der Waals surface area contributed by atoms with Crippen molar-refractivity contribution in [1.29, 1.82) is 0 Å². The summed E-state index contributed by atoms with van der Waals surface area (Å²) >= 11 is 1.63. The van der Waals surface area contributed by atoms with Crippen molar-refractivity contribution in [3.05, 3.63) is 100 Å². The maximum absolute atomic E-state index is 14.1. The minimum atomic E-state index is -0.254. The molecule has 0 aliphatic carbocycles. The lowest BCUT2D eigenvalue weighted by molar-refractivity contribution is -0.134. The molecule has 238 valence electrons. The van der Waals surface area contributed by atoms with Crippen LogP contribution >= 0.6 is 11.8 Å². The molecule has 1 amide bonds. The van der Waals surface area contributed by atoms with Crippen LogP contribution in [0.3, 0.4) is 0 Å². The van der Waals surface area contributed by atoms with Gasteiger partial charge in [-0.05, 0) is 66.2 Å². The molecule has 3 heterocycles. The maximum Gasteiger partial charge on any atom is 0.219 e. The Morgan fingerprint density at radius 2 is 1.80 bits per heavy atom. The quantitative estimate of drug-likeness (QED) is 0.156. The van der Waals surface area contributed by atoms with E-state index < -0.39 is 0 Å². The van der Waals surface area contributed by atoms with E-state index in [0.29, 0.717) is 30.0 Å². The van der Waals surface area contributed by atoms with Crippen LogP contribution in [0.4, 0.5) is 0 Å². The number of carbonyl (C=O) groups excluding carboxylic acids is 2. The Balaban J connectivity index is 1.70. The van der Waals surface area contributed by atoms with Crippen LogP contribution in [0.5, 0.6) is 5.75 Å². The van der Waals surface area contributed by atoms with E-state index in [1.807, 2.05) is 60.5 Å². The van der Waals surface area contributed by atoms with Gasteiger partial charge in [-0.1, -0.05) is 78.6 Å². The summed E-state index contributed by atoms with van der Waals surface area (Å²) in [5.41, 5.74) is 7.81. The lowest BCUT2D eigenvalue weighted by atomic mass is 9.82. The van der Waals surface area contributed by atoms with E-state index in [1.54, 1.807) is 18.7 Å². The van der Waals surface area contributed by atoms with Crippen LogP contribution in [0.2, 0.25) is 0 Å². The number of carbonyl (C=O) groups is 2. The third-order valence-corrected chi connectivity index (χ3v) is 10.00. The smallest absolute Gasteiger partial charge is 0.219 e. The van der Waals surface area contributed by atoms with E-state index in [9.17, 15) is 9.59 Å². The van der Waals surface area contributed by atoms with Crippen LogP contribution in [-0.2, 0) is 4.79 Å². The summed E-state index contributed by atoms with van der Waals surface area (Å²) in [6, 6.07) is 5.80. The number of hydrogen-bond donors (Lipinski definition) is 0. The lowest BCUT2D eigenvalue weighted by Gasteiger charge is -2.43. The summed E-state index contributed by atoms with van der Waals surface area (Å²) < 4.78 is 6.82. The minimum Gasteiger partial charge on any atom is -0.490 e. The maximum atomic E-state index is 14.1. The molecule has 2 unspecified atom stereocenters. The summed E-state index contributed by atoms with van der Waals surface area (Å²) in [6.45, 7) is 26.2. The van der Waals surface area contributed by atoms with Crippen LogP contribution in [0.15, 0.2) is 94.2 Å². The highest BCUT2D eigenvalue weighted by molar-refractivity contribution is 8.11. The number of amides is 1. The van der Waals surface area contributed by atoms with Gasteiger partial charge >= 0.3 is 0 Å². The molecule has 1 aromatic carbocycles. The van der Waals surface area contributed by atoms with Crippen LogP contribution in [-0.4, -0.2) is 41.5 Å². The van der Waals surface area contributed by atoms with E-state index in [4.69, 9.17) is 9.73 Å². The van der Waals surface area contributed by atoms with Crippen LogP contribution in [0.25, 0.3) is 4.91 Å². The fourth-order valence-corrected chi connectivity index (χ4v) is 6.97. The van der Waals surface area contributed by atoms with Crippen molar-refractivity contribution in [2.24, 2.45) is 28.2 Å². The van der Waals surface area contributed by atoms with Gasteiger partial charge in [-0.15, -0.1) is 5.73 Å². The number of benzene rings is 1. The topological polar surface area (TPSA) is 59.0 Å². The third kappa shape index (κ3) is 7.98. The van der Waals surface area contributed by atoms with Gasteiger partial charge < -0.3 is 9.64 Å². The van der Waals surface area contributed by atoms with Crippen LogP contribution in [0.1, 0.15) is 84.2 Å². The Morgan fingerprint density at radius 1 is 1.13 bits per heavy atom. The average Bonchev–Trinajstić information content (AvgIpc) is 3.21. The molecule has 4 rings (SSSR count). The number of nitrogens with zero attached hydrogens (tertiary/aromatic N) is 2. The Hall–Kier alpha value is -3.60. The van der Waals surface area contributed by atoms with Crippen molar-refractivity contribution < 1.29 is 14.3 Å². The first-order chi connectivity index (χ1) is 21.2. The van der Waals surface area contributed by atoms with Gasteiger partial charge in [-0.25, -0.2) is 0 Å². The molecule has 45 heavy (non-hydrogen) atoms. The largest absolute Gasteiger partial charge is 0.490 e. The predicted molar refractivity (Wildman–Crippen MR) is 189 cm³/mol. The van der Waals surface area contributed by atoms with Gasteiger partial charge in [0.25, 0.3) is 0 Å². The molecule has 6 heteroatoms. The van der Waals surface area contributed by atoms with E-state index >= 15 is 0 Å². The molecular weight excluding hydrogens is 577 g/mol. The Bertz CT molecular complexity index is 1560. The Labute approximate surface area is 274 Å². The highest BCUT2D eigenvalue weighted by Gasteiger charge is 2.38. The van der Waals surface area contributed by atoms with Crippen molar-refractivity contribution in [1.82, 2.24) is 4.90 Å². The van der Waals surface area contributed by atoms with Crippen LogP contribution < -0.4 is 4.74 Å². The van der Waals surface area contributed by atoms with Crippen LogP contribution in [0, 0.1) is 23.2 Å². The summed E-state index contributed by atoms with van der Waals surface area (Å²) in [6.07, 6.45) is 11.5. The third-order valence-electron chi connectivity index (χ3n) is 8.98. The van der Waals surface area contributed by atoms with Crippen molar-refractivity contribution in [2.75, 3.05) is 13.1 Å². The molecule has 3 aliphatic heterocycles. The van der Waals surface area contributed by atoms with Crippen molar-refractivity contribution >= 4 is 34.1 Å². The van der Waals surface area contributed by atoms with E-state index in [0.717, 1.165) is 45.1 Å². The number of thioether (sulfide) groups is 1. The molecule has 0 radical (unpaired) electrons. The number of likely N-dealkylation sites (tertiary alicyclic amines) is 1. The lowest BCUT2D eigenvalue weighted by Crippen LogP contribution is -2.52. The van der Waals surface area contributed by atoms with E-state index in [1.165, 1.54) is 0 Å². The van der Waals surface area contributed by atoms with Gasteiger partial charge in [0, 0.05) is 66.1 Å². The second-order valence-corrected chi connectivity index (χ2v) is 14.7. The normalized spacial score (nSPS) is 22.5. The molecule has 5 nitrogen and oxygen atoms in total. The zero-order valence-electron chi connectivity index (χ0n) is 28.2. The molecule has 0 bridgehead atoms. The fraction of sp³-hybridized carbons (Fsp3) is 0.436. The van der Waals surface area contributed by atoms with Crippen molar-refractivity contribution in [2.45, 2.75) is 74.3 Å². The molecule has 0 N–H and O–H groups in total. The first kappa shape index (κ1) is 34.3. The fourth-order valence-electron chi connectivity index (χ4n) is 6.15. The molecule has 0 spiro atoms. The Kier molecular flexibility index (Phi) is 10.8. The summed E-state index contributed by atoms with van der Waals surface area (Å²) in [5, 5.41) is 0. The van der Waals surface area contributed by atoms with Gasteiger partial charge in [0.1, 0.15) is 11.9 Å². The summed E-state index contributed by atoms with van der Waals surface area (Å²) in [4.78, 5) is 35.2. The SMILES string of the molecule is C=C1C=CC([C@@H](C)C(=C)C(=O)c2cc(OC3C(CC)CN(C(C)=O)CC3CC)cc(C3=C=CC=C(C)S3)c2)=CN=C1C(C)(C)C. The number of allylic oxidation sites excluding steroid dienone is 8. The number of piperidine rings is 1. The monoisotopic (exact) mass is 624 g/mol. The van der Waals surface area contributed by atoms with Gasteiger partial charge in [0.15, 0.2) is 5.78 Å². The molecule has 3 atom stereocenters. The Morgan fingerprint density at radius 3 is 2.38 bits per heavy atom. The van der Waals surface area contributed by atoms with E-state index in [2.05, 4.69) is 60.4 Å².